The number of carboxylic acids is 1. The number of carbonyl (C=O) groups is 2. The van der Waals surface area contributed by atoms with Gasteiger partial charge in [-0.2, -0.15) is 0 Å². The molecule has 0 bridgehead atoms. The number of halogens is 1. The average molecular weight is 344 g/mol. The summed E-state index contributed by atoms with van der Waals surface area (Å²) in [4.78, 5) is 23.3. The fraction of sp³-hybridized carbons (Fsp3) is 0.263. The maximum atomic E-state index is 12.9. The third-order valence-corrected chi connectivity index (χ3v) is 3.54. The van der Waals surface area contributed by atoms with E-state index in [9.17, 15) is 19.1 Å². The zero-order valence-corrected chi connectivity index (χ0v) is 13.8. The van der Waals surface area contributed by atoms with Crippen molar-refractivity contribution in [3.05, 3.63) is 65.5 Å². The Morgan fingerprint density at radius 2 is 1.76 bits per heavy atom. The predicted octanol–water partition coefficient (Wildman–Crippen LogP) is 2.23. The summed E-state index contributed by atoms with van der Waals surface area (Å²) in [5.74, 6) is -1.55. The number of amides is 1. The van der Waals surface area contributed by atoms with Gasteiger partial charge in [-0.15, -0.1) is 0 Å². The number of nitrogens with one attached hydrogen (secondary N) is 1. The first kappa shape index (κ1) is 18.4. The van der Waals surface area contributed by atoms with Gasteiger partial charge in [0.2, 0.25) is 0 Å². The molecule has 132 valence electrons. The van der Waals surface area contributed by atoms with E-state index in [0.717, 1.165) is 6.42 Å². The highest BCUT2D eigenvalue weighted by Gasteiger charge is 2.16. The van der Waals surface area contributed by atoms with Crippen LogP contribution in [-0.2, 0) is 4.79 Å². The Morgan fingerprint density at radius 1 is 1.12 bits per heavy atom. The maximum absolute atomic E-state index is 12.9. The zero-order valence-electron chi connectivity index (χ0n) is 13.8. The predicted molar refractivity (Wildman–Crippen MR) is 88.5 cm³/mol. The van der Waals surface area contributed by atoms with Gasteiger partial charge < -0.3 is 20.0 Å². The average Bonchev–Trinajstić information content (AvgIpc) is 2.60. The Hall–Kier alpha value is -2.89. The van der Waals surface area contributed by atoms with Crippen molar-refractivity contribution in [3.63, 3.8) is 0 Å². The number of hydrogen-bond acceptors (Lipinski definition) is 4. The number of benzene rings is 2. The molecule has 1 amide bonds. The minimum atomic E-state index is -1.28. The highest BCUT2D eigenvalue weighted by Crippen LogP contribution is 2.21. The molecule has 2 aromatic rings. The minimum Gasteiger partial charge on any atom is -0.550 e. The first-order valence-corrected chi connectivity index (χ1v) is 7.98. The second kappa shape index (κ2) is 8.82. The van der Waals surface area contributed by atoms with E-state index in [-0.39, 0.29) is 12.0 Å². The van der Waals surface area contributed by atoms with Gasteiger partial charge in [-0.3, -0.25) is 4.79 Å². The second-order valence-corrected chi connectivity index (χ2v) is 5.53. The summed E-state index contributed by atoms with van der Waals surface area (Å²) in [6.45, 7) is 2.58. The van der Waals surface area contributed by atoms with E-state index >= 15 is 0 Å². The molecule has 1 atom stereocenters. The van der Waals surface area contributed by atoms with Crippen molar-refractivity contribution in [2.75, 3.05) is 6.61 Å². The summed E-state index contributed by atoms with van der Waals surface area (Å²) in [5, 5.41) is 13.7. The number of rotatable bonds is 8. The van der Waals surface area contributed by atoms with Crippen LogP contribution in [0.25, 0.3) is 0 Å². The Morgan fingerprint density at radius 3 is 2.32 bits per heavy atom. The van der Waals surface area contributed by atoms with E-state index in [0.29, 0.717) is 17.9 Å². The number of carbonyl (C=O) groups excluding carboxylic acids is 2. The van der Waals surface area contributed by atoms with Gasteiger partial charge in [0.15, 0.2) is 0 Å². The standard InChI is InChI=1S/C19H20FNO4/c1-2-11-25-16-9-5-13(6-10-16)17(12-18(22)23)21-19(24)14-3-7-15(20)8-4-14/h3-10,17H,2,11-12H2,1H3,(H,21,24)(H,22,23)/p-1. The number of aliphatic carboxylic acids is 1. The quantitative estimate of drug-likeness (QED) is 0.796. The van der Waals surface area contributed by atoms with E-state index in [1.54, 1.807) is 24.3 Å². The molecule has 6 heteroatoms. The Labute approximate surface area is 145 Å². The van der Waals surface area contributed by atoms with Crippen molar-refractivity contribution < 1.29 is 23.8 Å². The lowest BCUT2D eigenvalue weighted by atomic mass is 10.0. The van der Waals surface area contributed by atoms with Crippen LogP contribution in [0.1, 0.15) is 41.7 Å². The molecule has 5 nitrogen and oxygen atoms in total. The Kier molecular flexibility index (Phi) is 6.51. The normalized spacial score (nSPS) is 11.6. The van der Waals surface area contributed by atoms with E-state index < -0.39 is 23.7 Å². The molecule has 1 unspecified atom stereocenters. The van der Waals surface area contributed by atoms with Crippen molar-refractivity contribution >= 4 is 11.9 Å². The lowest BCUT2D eigenvalue weighted by Gasteiger charge is -2.20. The molecule has 0 fully saturated rings. The molecule has 0 aromatic heterocycles. The first-order chi connectivity index (χ1) is 12.0. The molecule has 0 aliphatic rings. The van der Waals surface area contributed by atoms with Crippen LogP contribution in [0.2, 0.25) is 0 Å². The summed E-state index contributed by atoms with van der Waals surface area (Å²) >= 11 is 0. The van der Waals surface area contributed by atoms with Gasteiger partial charge in [0.05, 0.1) is 12.6 Å². The van der Waals surface area contributed by atoms with E-state index in [4.69, 9.17) is 4.74 Å². The molecule has 0 heterocycles. The highest BCUT2D eigenvalue weighted by molar-refractivity contribution is 5.94. The van der Waals surface area contributed by atoms with Gasteiger partial charge in [0, 0.05) is 18.0 Å². The largest absolute Gasteiger partial charge is 0.550 e. The molecule has 0 saturated heterocycles. The van der Waals surface area contributed by atoms with Crippen LogP contribution >= 0.6 is 0 Å². The van der Waals surface area contributed by atoms with Crippen molar-refractivity contribution in [3.8, 4) is 5.75 Å². The fourth-order valence-corrected chi connectivity index (χ4v) is 2.28. The Bertz CT molecular complexity index is 713. The van der Waals surface area contributed by atoms with Crippen LogP contribution in [0.15, 0.2) is 48.5 Å². The zero-order chi connectivity index (χ0) is 18.2. The molecular formula is C19H19FNO4-. The van der Waals surface area contributed by atoms with E-state index in [1.165, 1.54) is 24.3 Å². The van der Waals surface area contributed by atoms with Crippen LogP contribution in [0.4, 0.5) is 4.39 Å². The summed E-state index contributed by atoms with van der Waals surface area (Å²) in [7, 11) is 0. The van der Waals surface area contributed by atoms with Crippen molar-refractivity contribution in [1.82, 2.24) is 5.32 Å². The third-order valence-electron chi connectivity index (χ3n) is 3.54. The van der Waals surface area contributed by atoms with Gasteiger partial charge in [-0.25, -0.2) is 4.39 Å². The highest BCUT2D eigenvalue weighted by atomic mass is 19.1. The summed E-state index contributed by atoms with van der Waals surface area (Å²) in [6, 6.07) is 11.1. The second-order valence-electron chi connectivity index (χ2n) is 5.53. The monoisotopic (exact) mass is 344 g/mol. The molecule has 0 saturated carbocycles. The molecular weight excluding hydrogens is 325 g/mol. The van der Waals surface area contributed by atoms with Gasteiger partial charge >= 0.3 is 0 Å². The van der Waals surface area contributed by atoms with Gasteiger partial charge in [0.25, 0.3) is 5.91 Å². The van der Waals surface area contributed by atoms with Crippen LogP contribution in [0.5, 0.6) is 5.75 Å². The van der Waals surface area contributed by atoms with Crippen LogP contribution < -0.4 is 15.2 Å². The number of ether oxygens (including phenoxy) is 1. The molecule has 0 aliphatic carbocycles. The number of carboxylic acid groups (broad SMARTS) is 1. The topological polar surface area (TPSA) is 78.5 Å². The molecule has 25 heavy (non-hydrogen) atoms. The molecule has 0 radical (unpaired) electrons. The van der Waals surface area contributed by atoms with E-state index in [1.807, 2.05) is 6.92 Å². The fourth-order valence-electron chi connectivity index (χ4n) is 2.28. The van der Waals surface area contributed by atoms with E-state index in [2.05, 4.69) is 5.32 Å². The lowest BCUT2D eigenvalue weighted by Crippen LogP contribution is -2.34. The summed E-state index contributed by atoms with van der Waals surface area (Å²) in [5.41, 5.74) is 0.858. The molecule has 0 spiro atoms. The Balaban J connectivity index is 2.13. The molecule has 0 aliphatic heterocycles. The maximum Gasteiger partial charge on any atom is 0.251 e. The van der Waals surface area contributed by atoms with Crippen LogP contribution in [0.3, 0.4) is 0 Å². The number of hydrogen-bond donors (Lipinski definition) is 1. The van der Waals surface area contributed by atoms with Crippen molar-refractivity contribution in [2.45, 2.75) is 25.8 Å². The lowest BCUT2D eigenvalue weighted by molar-refractivity contribution is -0.306. The summed E-state index contributed by atoms with van der Waals surface area (Å²) < 4.78 is 18.4. The van der Waals surface area contributed by atoms with Gasteiger partial charge in [0.1, 0.15) is 11.6 Å². The third kappa shape index (κ3) is 5.60. The first-order valence-electron chi connectivity index (χ1n) is 7.98. The smallest absolute Gasteiger partial charge is 0.251 e. The van der Waals surface area contributed by atoms with Gasteiger partial charge in [-0.1, -0.05) is 19.1 Å². The van der Waals surface area contributed by atoms with Gasteiger partial charge in [-0.05, 0) is 48.4 Å². The van der Waals surface area contributed by atoms with Crippen molar-refractivity contribution in [1.29, 1.82) is 0 Å². The SMILES string of the molecule is CCCOc1ccc(C(CC(=O)[O-])NC(=O)c2ccc(F)cc2)cc1. The molecule has 1 N–H and O–H groups in total. The minimum absolute atomic E-state index is 0.243. The van der Waals surface area contributed by atoms with Crippen molar-refractivity contribution in [2.24, 2.45) is 0 Å². The molecule has 2 aromatic carbocycles. The summed E-state index contributed by atoms with van der Waals surface area (Å²) in [6.07, 6.45) is 0.505. The van der Waals surface area contributed by atoms with Crippen LogP contribution in [0, 0.1) is 5.82 Å². The van der Waals surface area contributed by atoms with Crippen LogP contribution in [-0.4, -0.2) is 18.5 Å². The molecule has 2 rings (SSSR count).